The number of ether oxygens (including phenoxy) is 1. The zero-order valence-corrected chi connectivity index (χ0v) is 14.0. The van der Waals surface area contributed by atoms with Crippen molar-refractivity contribution in [2.45, 2.75) is 13.3 Å². The molecule has 0 spiro atoms. The highest BCUT2D eigenvalue weighted by molar-refractivity contribution is 6.32. The van der Waals surface area contributed by atoms with Gasteiger partial charge < -0.3 is 15.0 Å². The van der Waals surface area contributed by atoms with E-state index in [0.717, 1.165) is 36.6 Å². The van der Waals surface area contributed by atoms with E-state index in [4.69, 9.17) is 16.3 Å². The van der Waals surface area contributed by atoms with E-state index < -0.39 is 0 Å². The van der Waals surface area contributed by atoms with Crippen LogP contribution >= 0.6 is 11.6 Å². The first kappa shape index (κ1) is 15.6. The Morgan fingerprint density at radius 3 is 3.00 bits per heavy atom. The summed E-state index contributed by atoms with van der Waals surface area (Å²) in [5.74, 6) is 2.16. The van der Waals surface area contributed by atoms with Crippen LogP contribution in [0.1, 0.15) is 18.9 Å². The molecule has 2 aromatic rings. The molecule has 0 radical (unpaired) electrons. The normalized spacial score (nSPS) is 12.9. The van der Waals surface area contributed by atoms with Crippen molar-refractivity contribution in [3.8, 4) is 5.75 Å². The molecule has 23 heavy (non-hydrogen) atoms. The fraction of sp³-hybridized carbons (Fsp3) is 0.294. The monoisotopic (exact) mass is 330 g/mol. The highest BCUT2D eigenvalue weighted by atomic mass is 35.5. The van der Waals surface area contributed by atoms with Crippen LogP contribution in [0.3, 0.4) is 0 Å². The van der Waals surface area contributed by atoms with Gasteiger partial charge in [0.25, 0.3) is 0 Å². The maximum absolute atomic E-state index is 6.15. The Labute approximate surface area is 141 Å². The van der Waals surface area contributed by atoms with Crippen LogP contribution in [0.5, 0.6) is 5.75 Å². The maximum atomic E-state index is 6.15. The first-order valence-corrected chi connectivity index (χ1v) is 7.98. The average Bonchev–Trinajstić information content (AvgIpc) is 2.56. The van der Waals surface area contributed by atoms with Gasteiger partial charge in [-0.2, -0.15) is 4.98 Å². The molecule has 0 aliphatic carbocycles. The lowest BCUT2D eigenvalue weighted by Gasteiger charge is -2.26. The topological polar surface area (TPSA) is 50.3 Å². The zero-order valence-electron chi connectivity index (χ0n) is 13.2. The smallest absolute Gasteiger partial charge is 0.229 e. The van der Waals surface area contributed by atoms with E-state index in [0.29, 0.717) is 16.7 Å². The highest BCUT2D eigenvalue weighted by Crippen LogP contribution is 2.29. The third-order valence-electron chi connectivity index (χ3n) is 3.62. The Morgan fingerprint density at radius 1 is 1.39 bits per heavy atom. The standard InChI is InChI=1S/C17H19ClN4O/c1-3-8-22-9-4-5-12-11-19-17(21-16(12)22)20-13-6-7-15(23-2)14(18)10-13/h4-7,10-11H,3,8-9H2,1-2H3,(H,19,20,21). The molecule has 1 aliphatic heterocycles. The summed E-state index contributed by atoms with van der Waals surface area (Å²) in [5, 5.41) is 3.74. The van der Waals surface area contributed by atoms with E-state index in [1.54, 1.807) is 13.2 Å². The largest absolute Gasteiger partial charge is 0.495 e. The van der Waals surface area contributed by atoms with Gasteiger partial charge in [0.05, 0.1) is 12.1 Å². The van der Waals surface area contributed by atoms with Crippen LogP contribution in [-0.4, -0.2) is 30.2 Å². The molecule has 6 heteroatoms. The van der Waals surface area contributed by atoms with Gasteiger partial charge in [-0.1, -0.05) is 30.7 Å². The number of anilines is 3. The maximum Gasteiger partial charge on any atom is 0.229 e. The zero-order chi connectivity index (χ0) is 16.2. The van der Waals surface area contributed by atoms with E-state index in [9.17, 15) is 0 Å². The molecule has 120 valence electrons. The molecule has 1 N–H and O–H groups in total. The Bertz CT molecular complexity index is 733. The lowest BCUT2D eigenvalue weighted by molar-refractivity contribution is 0.415. The van der Waals surface area contributed by atoms with Crippen LogP contribution in [0.15, 0.2) is 30.5 Å². The lowest BCUT2D eigenvalue weighted by Crippen LogP contribution is -2.28. The number of benzene rings is 1. The molecule has 3 rings (SSSR count). The number of rotatable bonds is 5. The number of halogens is 1. The summed E-state index contributed by atoms with van der Waals surface area (Å²) >= 11 is 6.15. The molecule has 1 aromatic carbocycles. The molecule has 1 aliphatic rings. The van der Waals surface area contributed by atoms with Crippen molar-refractivity contribution < 1.29 is 4.74 Å². The minimum absolute atomic E-state index is 0.547. The fourth-order valence-corrected chi connectivity index (χ4v) is 2.80. The van der Waals surface area contributed by atoms with Crippen molar-refractivity contribution in [1.29, 1.82) is 0 Å². The molecule has 0 bridgehead atoms. The predicted molar refractivity (Wildman–Crippen MR) is 94.9 cm³/mol. The third kappa shape index (κ3) is 3.40. The summed E-state index contributed by atoms with van der Waals surface area (Å²) in [4.78, 5) is 11.3. The second-order valence-corrected chi connectivity index (χ2v) is 5.70. The summed E-state index contributed by atoms with van der Waals surface area (Å²) in [7, 11) is 1.59. The van der Waals surface area contributed by atoms with E-state index in [1.165, 1.54) is 0 Å². The molecule has 5 nitrogen and oxygen atoms in total. The predicted octanol–water partition coefficient (Wildman–Crippen LogP) is 4.13. The van der Waals surface area contributed by atoms with Crippen LogP contribution in [0.4, 0.5) is 17.5 Å². The number of methoxy groups -OCH3 is 1. The Kier molecular flexibility index (Phi) is 4.67. The van der Waals surface area contributed by atoms with Gasteiger partial charge in [-0.3, -0.25) is 0 Å². The second kappa shape index (κ2) is 6.87. The summed E-state index contributed by atoms with van der Waals surface area (Å²) in [6, 6.07) is 5.50. The van der Waals surface area contributed by atoms with Crippen molar-refractivity contribution >= 4 is 35.1 Å². The van der Waals surface area contributed by atoms with Crippen molar-refractivity contribution in [3.05, 3.63) is 41.1 Å². The van der Waals surface area contributed by atoms with Crippen LogP contribution < -0.4 is 15.0 Å². The van der Waals surface area contributed by atoms with Gasteiger partial charge in [0.15, 0.2) is 0 Å². The minimum atomic E-state index is 0.547. The van der Waals surface area contributed by atoms with Crippen molar-refractivity contribution in [1.82, 2.24) is 9.97 Å². The van der Waals surface area contributed by atoms with Gasteiger partial charge in [-0.25, -0.2) is 4.98 Å². The molecule has 0 saturated heterocycles. The minimum Gasteiger partial charge on any atom is -0.495 e. The number of aromatic nitrogens is 2. The van der Waals surface area contributed by atoms with E-state index in [1.807, 2.05) is 18.3 Å². The Hall–Kier alpha value is -2.27. The van der Waals surface area contributed by atoms with E-state index in [-0.39, 0.29) is 0 Å². The number of hydrogen-bond donors (Lipinski definition) is 1. The SMILES string of the molecule is CCCN1CC=Cc2cnc(Nc3ccc(OC)c(Cl)c3)nc21. The van der Waals surface area contributed by atoms with Gasteiger partial charge in [0.1, 0.15) is 11.6 Å². The summed E-state index contributed by atoms with van der Waals surface area (Å²) in [6.07, 6.45) is 7.12. The molecule has 0 atom stereocenters. The van der Waals surface area contributed by atoms with Gasteiger partial charge >= 0.3 is 0 Å². The van der Waals surface area contributed by atoms with Gasteiger partial charge in [0.2, 0.25) is 5.95 Å². The van der Waals surface area contributed by atoms with Gasteiger partial charge in [-0.05, 0) is 24.6 Å². The van der Waals surface area contributed by atoms with Crippen LogP contribution in [0.2, 0.25) is 5.02 Å². The van der Waals surface area contributed by atoms with Gasteiger partial charge in [-0.15, -0.1) is 0 Å². The molecular weight excluding hydrogens is 312 g/mol. The first-order chi connectivity index (χ1) is 11.2. The molecule has 0 fully saturated rings. The summed E-state index contributed by atoms with van der Waals surface area (Å²) < 4.78 is 5.16. The second-order valence-electron chi connectivity index (χ2n) is 5.30. The third-order valence-corrected chi connectivity index (χ3v) is 3.92. The average molecular weight is 331 g/mol. The van der Waals surface area contributed by atoms with Crippen LogP contribution in [0.25, 0.3) is 6.08 Å². The van der Waals surface area contributed by atoms with Crippen molar-refractivity contribution in [2.75, 3.05) is 30.4 Å². The Balaban J connectivity index is 1.85. The van der Waals surface area contributed by atoms with Crippen molar-refractivity contribution in [3.63, 3.8) is 0 Å². The molecular formula is C17H19ClN4O. The molecule has 2 heterocycles. The number of fused-ring (bicyclic) bond motifs is 1. The molecule has 0 saturated carbocycles. The fourth-order valence-electron chi connectivity index (χ4n) is 2.55. The number of nitrogens with zero attached hydrogens (tertiary/aromatic N) is 3. The summed E-state index contributed by atoms with van der Waals surface area (Å²) in [5.41, 5.74) is 1.87. The molecule has 0 amide bonds. The quantitative estimate of drug-likeness (QED) is 0.893. The molecule has 0 unspecified atom stereocenters. The van der Waals surface area contributed by atoms with Crippen LogP contribution in [-0.2, 0) is 0 Å². The lowest BCUT2D eigenvalue weighted by atomic mass is 10.2. The first-order valence-electron chi connectivity index (χ1n) is 7.60. The van der Waals surface area contributed by atoms with E-state index >= 15 is 0 Å². The van der Waals surface area contributed by atoms with Crippen LogP contribution in [0, 0.1) is 0 Å². The highest BCUT2D eigenvalue weighted by Gasteiger charge is 2.15. The summed E-state index contributed by atoms with van der Waals surface area (Å²) in [6.45, 7) is 4.02. The molecule has 1 aromatic heterocycles. The Morgan fingerprint density at radius 2 is 2.26 bits per heavy atom. The number of nitrogens with one attached hydrogen (secondary N) is 1. The van der Waals surface area contributed by atoms with Gasteiger partial charge in [0, 0.05) is 30.5 Å². The van der Waals surface area contributed by atoms with Crippen molar-refractivity contribution in [2.24, 2.45) is 0 Å². The number of hydrogen-bond acceptors (Lipinski definition) is 5. The van der Waals surface area contributed by atoms with E-state index in [2.05, 4.69) is 39.3 Å².